The zero-order valence-electron chi connectivity index (χ0n) is 11.5. The maximum Gasteiger partial charge on any atom is 0.231 e. The van der Waals surface area contributed by atoms with Gasteiger partial charge in [0, 0.05) is 31.1 Å². The van der Waals surface area contributed by atoms with E-state index in [4.69, 9.17) is 11.6 Å². The highest BCUT2D eigenvalue weighted by Gasteiger charge is 2.15. The fraction of sp³-hybridized carbons (Fsp3) is 0.615. The third-order valence-electron chi connectivity index (χ3n) is 3.00. The summed E-state index contributed by atoms with van der Waals surface area (Å²) in [6.07, 6.45) is 5.55. The van der Waals surface area contributed by atoms with Crippen molar-refractivity contribution in [1.29, 1.82) is 0 Å². The van der Waals surface area contributed by atoms with E-state index in [1.165, 1.54) is 19.3 Å². The standard InChI is InChI=1S/C13H20ClN5S/c1-2-9-20-10-6-15-12-16-11(14)17-13(18-12)19-7-4-3-5-8-19/h2H,1,3-10H2,(H,15,16,17,18). The van der Waals surface area contributed by atoms with Gasteiger partial charge >= 0.3 is 0 Å². The van der Waals surface area contributed by atoms with E-state index >= 15 is 0 Å². The lowest BCUT2D eigenvalue weighted by Crippen LogP contribution is -2.31. The Kier molecular flexibility index (Phi) is 6.39. The fourth-order valence-electron chi connectivity index (χ4n) is 2.06. The van der Waals surface area contributed by atoms with Crippen LogP contribution in [-0.4, -0.2) is 46.1 Å². The molecule has 0 atom stereocenters. The van der Waals surface area contributed by atoms with E-state index in [9.17, 15) is 0 Å². The summed E-state index contributed by atoms with van der Waals surface area (Å²) >= 11 is 7.80. The second-order valence-electron chi connectivity index (χ2n) is 4.57. The lowest BCUT2D eigenvalue weighted by atomic mass is 10.1. The van der Waals surface area contributed by atoms with Gasteiger partial charge in [-0.2, -0.15) is 26.7 Å². The number of halogens is 1. The van der Waals surface area contributed by atoms with Crippen LogP contribution in [0.3, 0.4) is 0 Å². The van der Waals surface area contributed by atoms with Crippen LogP contribution in [0.2, 0.25) is 5.28 Å². The van der Waals surface area contributed by atoms with E-state index in [0.29, 0.717) is 11.9 Å². The highest BCUT2D eigenvalue weighted by atomic mass is 35.5. The van der Waals surface area contributed by atoms with E-state index in [2.05, 4.69) is 31.7 Å². The van der Waals surface area contributed by atoms with Gasteiger partial charge in [0.15, 0.2) is 0 Å². The summed E-state index contributed by atoms with van der Waals surface area (Å²) < 4.78 is 0. The molecule has 7 heteroatoms. The Hall–Kier alpha value is -1.01. The van der Waals surface area contributed by atoms with E-state index in [1.54, 1.807) is 0 Å². The van der Waals surface area contributed by atoms with Gasteiger partial charge in [0.2, 0.25) is 17.2 Å². The fourth-order valence-corrected chi connectivity index (χ4v) is 2.79. The summed E-state index contributed by atoms with van der Waals surface area (Å²) in [5.41, 5.74) is 0. The van der Waals surface area contributed by atoms with Crippen molar-refractivity contribution < 1.29 is 0 Å². The van der Waals surface area contributed by atoms with Gasteiger partial charge in [0.05, 0.1) is 0 Å². The van der Waals surface area contributed by atoms with Crippen molar-refractivity contribution in [2.45, 2.75) is 19.3 Å². The van der Waals surface area contributed by atoms with Crippen LogP contribution in [0.5, 0.6) is 0 Å². The molecule has 1 aliphatic heterocycles. The van der Waals surface area contributed by atoms with Crippen LogP contribution in [0.25, 0.3) is 0 Å². The normalized spacial score (nSPS) is 15.2. The Morgan fingerprint density at radius 2 is 2.05 bits per heavy atom. The molecule has 2 heterocycles. The molecule has 110 valence electrons. The topological polar surface area (TPSA) is 53.9 Å². The number of hydrogen-bond donors (Lipinski definition) is 1. The molecule has 1 fully saturated rings. The van der Waals surface area contributed by atoms with Crippen LogP contribution in [0, 0.1) is 0 Å². The number of hydrogen-bond acceptors (Lipinski definition) is 6. The van der Waals surface area contributed by atoms with Crippen molar-refractivity contribution in [2.75, 3.05) is 41.4 Å². The summed E-state index contributed by atoms with van der Waals surface area (Å²) in [5.74, 6) is 3.18. The highest BCUT2D eigenvalue weighted by Crippen LogP contribution is 2.18. The lowest BCUT2D eigenvalue weighted by molar-refractivity contribution is 0.567. The molecule has 1 saturated heterocycles. The largest absolute Gasteiger partial charge is 0.353 e. The molecular formula is C13H20ClN5S. The third-order valence-corrected chi connectivity index (χ3v) is 4.13. The van der Waals surface area contributed by atoms with Crippen LogP contribution in [0.1, 0.15) is 19.3 Å². The van der Waals surface area contributed by atoms with Crippen molar-refractivity contribution in [3.8, 4) is 0 Å². The summed E-state index contributed by atoms with van der Waals surface area (Å²) in [4.78, 5) is 15.0. The van der Waals surface area contributed by atoms with Gasteiger partial charge in [-0.05, 0) is 30.9 Å². The molecule has 5 nitrogen and oxygen atoms in total. The van der Waals surface area contributed by atoms with Crippen molar-refractivity contribution in [3.05, 3.63) is 17.9 Å². The van der Waals surface area contributed by atoms with Crippen LogP contribution in [0.4, 0.5) is 11.9 Å². The summed E-state index contributed by atoms with van der Waals surface area (Å²) in [5, 5.41) is 3.45. The summed E-state index contributed by atoms with van der Waals surface area (Å²) in [7, 11) is 0. The number of nitrogens with one attached hydrogen (secondary N) is 1. The Labute approximate surface area is 129 Å². The number of thioether (sulfide) groups is 1. The molecule has 0 aliphatic carbocycles. The molecule has 0 amide bonds. The van der Waals surface area contributed by atoms with Gasteiger partial charge in [-0.3, -0.25) is 0 Å². The van der Waals surface area contributed by atoms with E-state index < -0.39 is 0 Å². The number of rotatable bonds is 7. The van der Waals surface area contributed by atoms with Crippen molar-refractivity contribution in [3.63, 3.8) is 0 Å². The maximum absolute atomic E-state index is 5.98. The van der Waals surface area contributed by atoms with Crippen LogP contribution >= 0.6 is 23.4 Å². The molecule has 0 aromatic carbocycles. The maximum atomic E-state index is 5.98. The van der Waals surface area contributed by atoms with Gasteiger partial charge < -0.3 is 10.2 Å². The number of piperidine rings is 1. The number of aromatic nitrogens is 3. The molecule has 1 N–H and O–H groups in total. The lowest BCUT2D eigenvalue weighted by Gasteiger charge is -2.26. The molecule has 0 bridgehead atoms. The molecule has 0 radical (unpaired) electrons. The average Bonchev–Trinajstić information content (AvgIpc) is 2.47. The SMILES string of the molecule is C=CCSCCNc1nc(Cl)nc(N2CCCCC2)n1. The molecule has 1 aliphatic rings. The van der Waals surface area contributed by atoms with E-state index in [-0.39, 0.29) is 5.28 Å². The van der Waals surface area contributed by atoms with Gasteiger partial charge in [-0.25, -0.2) is 0 Å². The Bertz CT molecular complexity index is 437. The zero-order valence-corrected chi connectivity index (χ0v) is 13.1. The number of nitrogens with zero attached hydrogens (tertiary/aromatic N) is 4. The van der Waals surface area contributed by atoms with Crippen molar-refractivity contribution in [1.82, 2.24) is 15.0 Å². The van der Waals surface area contributed by atoms with Crippen molar-refractivity contribution in [2.24, 2.45) is 0 Å². The highest BCUT2D eigenvalue weighted by molar-refractivity contribution is 7.99. The first-order valence-electron chi connectivity index (χ1n) is 6.88. The van der Waals surface area contributed by atoms with E-state index in [0.717, 1.165) is 31.1 Å². The minimum Gasteiger partial charge on any atom is -0.353 e. The molecule has 20 heavy (non-hydrogen) atoms. The molecule has 0 unspecified atom stereocenters. The van der Waals surface area contributed by atoms with Gasteiger partial charge in [0.25, 0.3) is 0 Å². The first-order valence-corrected chi connectivity index (χ1v) is 8.42. The minimum absolute atomic E-state index is 0.252. The molecule has 0 spiro atoms. The summed E-state index contributed by atoms with van der Waals surface area (Å²) in [6, 6.07) is 0. The molecule has 2 rings (SSSR count). The first kappa shape index (κ1) is 15.4. The van der Waals surface area contributed by atoms with Crippen LogP contribution < -0.4 is 10.2 Å². The second kappa shape index (κ2) is 8.32. The van der Waals surface area contributed by atoms with Gasteiger partial charge in [-0.15, -0.1) is 6.58 Å². The van der Waals surface area contributed by atoms with Gasteiger partial charge in [0.1, 0.15) is 0 Å². The molecule has 1 aromatic rings. The zero-order chi connectivity index (χ0) is 14.2. The molecule has 1 aromatic heterocycles. The van der Waals surface area contributed by atoms with Crippen LogP contribution in [0.15, 0.2) is 12.7 Å². The van der Waals surface area contributed by atoms with Crippen LogP contribution in [-0.2, 0) is 0 Å². The average molecular weight is 314 g/mol. The molecular weight excluding hydrogens is 294 g/mol. The first-order chi connectivity index (χ1) is 9.79. The predicted octanol–water partition coefficient (Wildman–Crippen LogP) is 2.85. The Balaban J connectivity index is 1.91. The monoisotopic (exact) mass is 313 g/mol. The van der Waals surface area contributed by atoms with E-state index in [1.807, 2.05) is 17.8 Å². The van der Waals surface area contributed by atoms with Crippen molar-refractivity contribution >= 4 is 35.3 Å². The summed E-state index contributed by atoms with van der Waals surface area (Å²) in [6.45, 7) is 6.49. The molecule has 0 saturated carbocycles. The minimum atomic E-state index is 0.252. The second-order valence-corrected chi connectivity index (χ2v) is 6.05. The predicted molar refractivity (Wildman–Crippen MR) is 86.9 cm³/mol. The number of anilines is 2. The van der Waals surface area contributed by atoms with Gasteiger partial charge in [-0.1, -0.05) is 6.08 Å². The third kappa shape index (κ3) is 4.83. The Morgan fingerprint density at radius 1 is 1.25 bits per heavy atom. The quantitative estimate of drug-likeness (QED) is 0.617. The smallest absolute Gasteiger partial charge is 0.231 e. The Morgan fingerprint density at radius 3 is 2.80 bits per heavy atom.